The van der Waals surface area contributed by atoms with Crippen LogP contribution in [0.3, 0.4) is 0 Å². The van der Waals surface area contributed by atoms with Gasteiger partial charge < -0.3 is 5.73 Å². The zero-order valence-corrected chi connectivity index (χ0v) is 12.8. The third kappa shape index (κ3) is 2.62. The van der Waals surface area contributed by atoms with Crippen LogP contribution in [-0.2, 0) is 0 Å². The van der Waals surface area contributed by atoms with Crippen LogP contribution in [0.5, 0.6) is 0 Å². The van der Waals surface area contributed by atoms with E-state index in [-0.39, 0.29) is 5.02 Å². The second-order valence-corrected chi connectivity index (χ2v) is 5.51. The summed E-state index contributed by atoms with van der Waals surface area (Å²) in [5.41, 5.74) is 7.64. The van der Waals surface area contributed by atoms with Crippen molar-refractivity contribution in [3.63, 3.8) is 0 Å². The molecular weight excluding hydrogens is 361 g/mol. The highest BCUT2D eigenvalue weighted by molar-refractivity contribution is 9.10. The van der Waals surface area contributed by atoms with Crippen LogP contribution in [0.25, 0.3) is 17.1 Å². The highest BCUT2D eigenvalue weighted by Gasteiger charge is 2.14. The van der Waals surface area contributed by atoms with Crippen molar-refractivity contribution in [3.05, 3.63) is 51.7 Å². The van der Waals surface area contributed by atoms with Gasteiger partial charge in [0.1, 0.15) is 5.82 Å². The molecule has 0 radical (unpaired) electrons. The molecule has 0 saturated carbocycles. The third-order valence-electron chi connectivity index (χ3n) is 2.86. The summed E-state index contributed by atoms with van der Waals surface area (Å²) in [6.07, 6.45) is 0. The third-order valence-corrected chi connectivity index (χ3v) is 3.89. The van der Waals surface area contributed by atoms with E-state index in [9.17, 15) is 4.39 Å². The molecule has 0 fully saturated rings. The smallest absolute Gasteiger partial charge is 0.187 e. The van der Waals surface area contributed by atoms with Gasteiger partial charge in [0.25, 0.3) is 0 Å². The Morgan fingerprint density at radius 3 is 2.71 bits per heavy atom. The number of nitrogens with zero attached hydrogens (tertiary/aromatic N) is 4. The number of hydrogen-bond acceptors (Lipinski definition) is 4. The molecule has 0 spiro atoms. The van der Waals surface area contributed by atoms with Crippen molar-refractivity contribution < 1.29 is 4.39 Å². The second kappa shape index (κ2) is 5.42. The molecule has 0 bridgehead atoms. The highest BCUT2D eigenvalue weighted by Crippen LogP contribution is 2.28. The number of aromatic nitrogens is 4. The first-order valence-corrected chi connectivity index (χ1v) is 7.02. The van der Waals surface area contributed by atoms with Crippen LogP contribution >= 0.6 is 27.5 Å². The minimum Gasteiger partial charge on any atom is -0.398 e. The molecule has 0 unspecified atom stereocenters. The number of anilines is 1. The minimum absolute atomic E-state index is 0.216. The lowest BCUT2D eigenvalue weighted by Crippen LogP contribution is -2.01. The van der Waals surface area contributed by atoms with E-state index < -0.39 is 5.82 Å². The maximum Gasteiger partial charge on any atom is 0.187 e. The number of tetrazole rings is 1. The molecule has 0 aliphatic carbocycles. The van der Waals surface area contributed by atoms with Crippen LogP contribution in [0.2, 0.25) is 5.02 Å². The maximum absolute atomic E-state index is 13.1. The van der Waals surface area contributed by atoms with Gasteiger partial charge in [-0.05, 0) is 62.8 Å². The van der Waals surface area contributed by atoms with E-state index in [4.69, 9.17) is 17.3 Å². The molecule has 0 saturated heterocycles. The van der Waals surface area contributed by atoms with Crippen molar-refractivity contribution in [2.24, 2.45) is 0 Å². The zero-order valence-electron chi connectivity index (χ0n) is 10.5. The molecule has 106 valence electrons. The molecule has 8 heteroatoms. The van der Waals surface area contributed by atoms with Gasteiger partial charge in [-0.3, -0.25) is 0 Å². The van der Waals surface area contributed by atoms with E-state index in [0.717, 1.165) is 10.0 Å². The molecule has 0 atom stereocenters. The molecular formula is C13H8BrClFN5. The number of rotatable bonds is 2. The van der Waals surface area contributed by atoms with Crippen molar-refractivity contribution in [3.8, 4) is 17.1 Å². The van der Waals surface area contributed by atoms with Gasteiger partial charge in [0.2, 0.25) is 0 Å². The Morgan fingerprint density at radius 1 is 1.19 bits per heavy atom. The summed E-state index contributed by atoms with van der Waals surface area (Å²) in [7, 11) is 0. The molecule has 2 aromatic carbocycles. The summed E-state index contributed by atoms with van der Waals surface area (Å²) in [6, 6.07) is 9.38. The summed E-state index contributed by atoms with van der Waals surface area (Å²) in [5, 5.41) is 11.7. The Kier molecular flexibility index (Phi) is 3.60. The Balaban J connectivity index is 2.14. The number of nitrogen functional groups attached to an aromatic ring is 1. The van der Waals surface area contributed by atoms with Crippen LogP contribution in [0.1, 0.15) is 0 Å². The van der Waals surface area contributed by atoms with Gasteiger partial charge in [-0.15, -0.1) is 5.10 Å². The lowest BCUT2D eigenvalue weighted by molar-refractivity contribution is 0.627. The first kappa shape index (κ1) is 14.0. The van der Waals surface area contributed by atoms with E-state index in [0.29, 0.717) is 17.2 Å². The van der Waals surface area contributed by atoms with Gasteiger partial charge in [-0.1, -0.05) is 11.6 Å². The molecule has 1 aromatic heterocycles. The molecule has 5 nitrogen and oxygen atoms in total. The number of halogens is 3. The van der Waals surface area contributed by atoms with E-state index in [2.05, 4.69) is 31.5 Å². The van der Waals surface area contributed by atoms with Crippen LogP contribution in [0.15, 0.2) is 40.9 Å². The zero-order chi connectivity index (χ0) is 15.0. The average Bonchev–Trinajstić information content (AvgIpc) is 2.91. The van der Waals surface area contributed by atoms with Crippen molar-refractivity contribution in [2.75, 3.05) is 5.73 Å². The lowest BCUT2D eigenvalue weighted by Gasteiger charge is -2.07. The van der Waals surface area contributed by atoms with Gasteiger partial charge in [-0.25, -0.2) is 4.39 Å². The Morgan fingerprint density at radius 2 is 2.00 bits per heavy atom. The molecule has 0 aliphatic heterocycles. The van der Waals surface area contributed by atoms with Crippen LogP contribution in [-0.4, -0.2) is 20.2 Å². The largest absolute Gasteiger partial charge is 0.398 e. The van der Waals surface area contributed by atoms with Crippen molar-refractivity contribution in [1.29, 1.82) is 0 Å². The van der Waals surface area contributed by atoms with Gasteiger partial charge >= 0.3 is 0 Å². The van der Waals surface area contributed by atoms with E-state index in [1.807, 2.05) is 6.07 Å². The second-order valence-electron chi connectivity index (χ2n) is 4.25. The van der Waals surface area contributed by atoms with E-state index in [1.165, 1.54) is 22.9 Å². The summed E-state index contributed by atoms with van der Waals surface area (Å²) >= 11 is 9.38. The van der Waals surface area contributed by atoms with Crippen LogP contribution in [0, 0.1) is 5.82 Å². The van der Waals surface area contributed by atoms with Crippen LogP contribution < -0.4 is 5.73 Å². The summed E-state index contributed by atoms with van der Waals surface area (Å²) in [6.45, 7) is 0. The average molecular weight is 369 g/mol. The number of benzene rings is 2. The molecule has 1 heterocycles. The number of hydrogen-bond donors (Lipinski definition) is 1. The first-order valence-electron chi connectivity index (χ1n) is 5.85. The molecule has 21 heavy (non-hydrogen) atoms. The summed E-state index contributed by atoms with van der Waals surface area (Å²) in [5.74, 6) is 0.0361. The molecule has 0 aliphatic rings. The molecule has 0 amide bonds. The van der Waals surface area contributed by atoms with Gasteiger partial charge in [-0.2, -0.15) is 4.68 Å². The predicted octanol–water partition coefficient (Wildman–Crippen LogP) is 3.47. The number of nitrogens with two attached hydrogens (primary N) is 1. The summed E-state index contributed by atoms with van der Waals surface area (Å²) < 4.78 is 15.4. The lowest BCUT2D eigenvalue weighted by atomic mass is 10.2. The normalized spacial score (nSPS) is 10.8. The first-order chi connectivity index (χ1) is 10.1. The van der Waals surface area contributed by atoms with Gasteiger partial charge in [0.15, 0.2) is 5.82 Å². The fourth-order valence-corrected chi connectivity index (χ4v) is 2.36. The molecule has 3 aromatic rings. The minimum atomic E-state index is -0.425. The topological polar surface area (TPSA) is 69.6 Å². The standard InChI is InChI=1S/C13H8BrClFN5/c14-9-3-1-7(5-11(9)17)13-18-19-20-21(13)12-4-2-8(16)6-10(12)15/h1-6H,17H2. The van der Waals surface area contributed by atoms with Crippen molar-refractivity contribution in [1.82, 2.24) is 20.2 Å². The Hall–Kier alpha value is -1.99. The van der Waals surface area contributed by atoms with Gasteiger partial charge in [0.05, 0.1) is 10.7 Å². The molecule has 3 rings (SSSR count). The molecule has 2 N–H and O–H groups in total. The van der Waals surface area contributed by atoms with Crippen LogP contribution in [0.4, 0.5) is 10.1 Å². The fraction of sp³-hybridized carbons (Fsp3) is 0. The Bertz CT molecular complexity index is 820. The predicted molar refractivity (Wildman–Crippen MR) is 81.7 cm³/mol. The maximum atomic E-state index is 13.1. The SMILES string of the molecule is Nc1cc(-c2nnnn2-c2ccc(F)cc2Cl)ccc1Br. The fourth-order valence-electron chi connectivity index (χ4n) is 1.87. The van der Waals surface area contributed by atoms with E-state index in [1.54, 1.807) is 12.1 Å². The summed E-state index contributed by atoms with van der Waals surface area (Å²) in [4.78, 5) is 0. The van der Waals surface area contributed by atoms with Crippen molar-refractivity contribution >= 4 is 33.2 Å². The quantitative estimate of drug-likeness (QED) is 0.703. The monoisotopic (exact) mass is 367 g/mol. The Labute approximate surface area is 132 Å². The van der Waals surface area contributed by atoms with Gasteiger partial charge in [0, 0.05) is 15.7 Å². The van der Waals surface area contributed by atoms with E-state index >= 15 is 0 Å². The van der Waals surface area contributed by atoms with Crippen molar-refractivity contribution in [2.45, 2.75) is 0 Å². The highest BCUT2D eigenvalue weighted by atomic mass is 79.9.